The lowest BCUT2D eigenvalue weighted by Crippen LogP contribution is -2.33. The SMILES string of the molecule is CC(C)Oc1cccc(CC(=O)N2C[C@@H](N)[C@H](c3ccccc3)C2)c1.Cl. The highest BCUT2D eigenvalue weighted by atomic mass is 35.5. The number of likely N-dealkylation sites (tertiary alicyclic amines) is 1. The maximum atomic E-state index is 12.7. The van der Waals surface area contributed by atoms with Crippen LogP contribution in [0, 0.1) is 0 Å². The van der Waals surface area contributed by atoms with Crippen LogP contribution in [-0.2, 0) is 11.2 Å². The molecule has 3 rings (SSSR count). The number of halogens is 1. The minimum absolute atomic E-state index is 0. The zero-order valence-corrected chi connectivity index (χ0v) is 16.1. The fourth-order valence-corrected chi connectivity index (χ4v) is 3.37. The van der Waals surface area contributed by atoms with E-state index in [2.05, 4.69) is 12.1 Å². The first kappa shape index (κ1) is 20.3. The van der Waals surface area contributed by atoms with E-state index in [1.807, 2.05) is 61.2 Å². The van der Waals surface area contributed by atoms with Crippen LogP contribution in [-0.4, -0.2) is 36.0 Å². The van der Waals surface area contributed by atoms with Crippen LogP contribution in [0.4, 0.5) is 0 Å². The minimum Gasteiger partial charge on any atom is -0.491 e. The third-order valence-corrected chi connectivity index (χ3v) is 4.57. The molecule has 4 nitrogen and oxygen atoms in total. The molecule has 0 radical (unpaired) electrons. The van der Waals surface area contributed by atoms with Gasteiger partial charge in [-0.15, -0.1) is 12.4 Å². The van der Waals surface area contributed by atoms with E-state index in [1.165, 1.54) is 5.56 Å². The summed E-state index contributed by atoms with van der Waals surface area (Å²) in [5.41, 5.74) is 8.48. The lowest BCUT2D eigenvalue weighted by atomic mass is 9.95. The van der Waals surface area contributed by atoms with Crippen molar-refractivity contribution >= 4 is 18.3 Å². The number of amides is 1. The van der Waals surface area contributed by atoms with Gasteiger partial charge in [-0.25, -0.2) is 0 Å². The van der Waals surface area contributed by atoms with Crippen LogP contribution in [0.3, 0.4) is 0 Å². The molecular formula is C21H27ClN2O2. The number of ether oxygens (including phenoxy) is 1. The summed E-state index contributed by atoms with van der Waals surface area (Å²) in [6.07, 6.45) is 0.498. The van der Waals surface area contributed by atoms with Crippen LogP contribution in [0.1, 0.15) is 30.9 Å². The van der Waals surface area contributed by atoms with Gasteiger partial charge < -0.3 is 15.4 Å². The molecule has 0 unspecified atom stereocenters. The third-order valence-electron chi connectivity index (χ3n) is 4.57. The first-order valence-electron chi connectivity index (χ1n) is 8.87. The molecule has 5 heteroatoms. The number of carbonyl (C=O) groups excluding carboxylic acids is 1. The lowest BCUT2D eigenvalue weighted by molar-refractivity contribution is -0.129. The van der Waals surface area contributed by atoms with E-state index in [0.29, 0.717) is 19.5 Å². The summed E-state index contributed by atoms with van der Waals surface area (Å²) in [5, 5.41) is 0. The zero-order chi connectivity index (χ0) is 17.8. The summed E-state index contributed by atoms with van der Waals surface area (Å²) >= 11 is 0. The predicted octanol–water partition coefficient (Wildman–Crippen LogP) is 3.39. The van der Waals surface area contributed by atoms with Crippen molar-refractivity contribution < 1.29 is 9.53 Å². The molecule has 2 aromatic carbocycles. The first-order valence-corrected chi connectivity index (χ1v) is 8.87. The van der Waals surface area contributed by atoms with Gasteiger partial charge in [0.05, 0.1) is 12.5 Å². The molecule has 2 atom stereocenters. The molecule has 26 heavy (non-hydrogen) atoms. The maximum absolute atomic E-state index is 12.7. The second-order valence-corrected chi connectivity index (χ2v) is 6.97. The smallest absolute Gasteiger partial charge is 0.227 e. The Balaban J connectivity index is 0.00000243. The van der Waals surface area contributed by atoms with Gasteiger partial charge in [-0.2, -0.15) is 0 Å². The van der Waals surface area contributed by atoms with E-state index in [1.54, 1.807) is 0 Å². The molecule has 0 saturated carbocycles. The highest BCUT2D eigenvalue weighted by molar-refractivity contribution is 5.85. The molecule has 0 aromatic heterocycles. The second kappa shape index (κ2) is 9.06. The van der Waals surface area contributed by atoms with Gasteiger partial charge in [0.2, 0.25) is 5.91 Å². The number of rotatable bonds is 5. The van der Waals surface area contributed by atoms with Gasteiger partial charge in [0.25, 0.3) is 0 Å². The Bertz CT molecular complexity index is 721. The van der Waals surface area contributed by atoms with Gasteiger partial charge in [-0.1, -0.05) is 42.5 Å². The molecular weight excluding hydrogens is 348 g/mol. The number of carbonyl (C=O) groups is 1. The van der Waals surface area contributed by atoms with Crippen molar-refractivity contribution in [2.24, 2.45) is 5.73 Å². The molecule has 0 bridgehead atoms. The molecule has 0 spiro atoms. The standard InChI is InChI=1S/C21H26N2O2.ClH/c1-15(2)25-18-10-6-7-16(11-18)12-21(24)23-13-19(20(22)14-23)17-8-4-3-5-9-17;/h3-11,15,19-20H,12-14,22H2,1-2H3;1H/t19-,20+;/m0./s1. The van der Waals surface area contributed by atoms with Gasteiger partial charge in [-0.05, 0) is 37.1 Å². The first-order chi connectivity index (χ1) is 12.0. The lowest BCUT2D eigenvalue weighted by Gasteiger charge is -2.17. The summed E-state index contributed by atoms with van der Waals surface area (Å²) in [5.74, 6) is 1.14. The normalized spacial score (nSPS) is 19.3. The van der Waals surface area contributed by atoms with Crippen molar-refractivity contribution in [1.82, 2.24) is 4.90 Å². The molecule has 0 aliphatic carbocycles. The van der Waals surface area contributed by atoms with Crippen molar-refractivity contribution in [2.75, 3.05) is 13.1 Å². The van der Waals surface area contributed by atoms with Gasteiger partial charge >= 0.3 is 0 Å². The largest absolute Gasteiger partial charge is 0.491 e. The molecule has 1 saturated heterocycles. The number of hydrogen-bond donors (Lipinski definition) is 1. The Labute approximate surface area is 161 Å². The Kier molecular flexibility index (Phi) is 7.06. The molecule has 1 fully saturated rings. The average Bonchev–Trinajstić information content (AvgIpc) is 2.97. The second-order valence-electron chi connectivity index (χ2n) is 6.97. The maximum Gasteiger partial charge on any atom is 0.227 e. The molecule has 140 valence electrons. The molecule has 1 aliphatic rings. The summed E-state index contributed by atoms with van der Waals surface area (Å²) in [4.78, 5) is 14.6. The van der Waals surface area contributed by atoms with Gasteiger partial charge in [0.1, 0.15) is 5.75 Å². The van der Waals surface area contributed by atoms with Crippen molar-refractivity contribution in [3.8, 4) is 5.75 Å². The summed E-state index contributed by atoms with van der Waals surface area (Å²) in [6, 6.07) is 18.0. The van der Waals surface area contributed by atoms with Crippen molar-refractivity contribution in [2.45, 2.75) is 38.3 Å². The van der Waals surface area contributed by atoms with E-state index in [0.717, 1.165) is 11.3 Å². The highest BCUT2D eigenvalue weighted by Crippen LogP contribution is 2.27. The number of nitrogens with zero attached hydrogens (tertiary/aromatic N) is 1. The molecule has 2 N–H and O–H groups in total. The molecule has 1 heterocycles. The van der Waals surface area contributed by atoms with Crippen LogP contribution < -0.4 is 10.5 Å². The van der Waals surface area contributed by atoms with Crippen molar-refractivity contribution in [3.05, 3.63) is 65.7 Å². The van der Waals surface area contributed by atoms with Gasteiger partial charge in [-0.3, -0.25) is 4.79 Å². The summed E-state index contributed by atoms with van der Waals surface area (Å²) < 4.78 is 5.71. The fraction of sp³-hybridized carbons (Fsp3) is 0.381. The Morgan fingerprint density at radius 1 is 1.15 bits per heavy atom. The summed E-state index contributed by atoms with van der Waals surface area (Å²) in [7, 11) is 0. The van der Waals surface area contributed by atoms with Crippen molar-refractivity contribution in [3.63, 3.8) is 0 Å². The quantitative estimate of drug-likeness (QED) is 0.872. The van der Waals surface area contributed by atoms with E-state index >= 15 is 0 Å². The molecule has 2 aromatic rings. The average molecular weight is 375 g/mol. The van der Waals surface area contributed by atoms with E-state index in [9.17, 15) is 4.79 Å². The van der Waals surface area contributed by atoms with Crippen LogP contribution in [0.2, 0.25) is 0 Å². The topological polar surface area (TPSA) is 55.6 Å². The predicted molar refractivity (Wildman–Crippen MR) is 107 cm³/mol. The monoisotopic (exact) mass is 374 g/mol. The van der Waals surface area contributed by atoms with Crippen LogP contribution >= 0.6 is 12.4 Å². The van der Waals surface area contributed by atoms with E-state index in [4.69, 9.17) is 10.5 Å². The van der Waals surface area contributed by atoms with Crippen LogP contribution in [0.15, 0.2) is 54.6 Å². The van der Waals surface area contributed by atoms with E-state index < -0.39 is 0 Å². The zero-order valence-electron chi connectivity index (χ0n) is 15.3. The Hall–Kier alpha value is -2.04. The number of benzene rings is 2. The molecule has 1 amide bonds. The summed E-state index contributed by atoms with van der Waals surface area (Å²) in [6.45, 7) is 5.28. The third kappa shape index (κ3) is 4.99. The molecule has 1 aliphatic heterocycles. The van der Waals surface area contributed by atoms with E-state index in [-0.39, 0.29) is 36.4 Å². The van der Waals surface area contributed by atoms with Gasteiger partial charge in [0.15, 0.2) is 0 Å². The number of nitrogens with two attached hydrogens (primary N) is 1. The minimum atomic E-state index is -0.0121. The Morgan fingerprint density at radius 2 is 1.88 bits per heavy atom. The fourth-order valence-electron chi connectivity index (χ4n) is 3.37. The Morgan fingerprint density at radius 3 is 2.58 bits per heavy atom. The van der Waals surface area contributed by atoms with Crippen LogP contribution in [0.25, 0.3) is 0 Å². The number of hydrogen-bond acceptors (Lipinski definition) is 3. The van der Waals surface area contributed by atoms with Gasteiger partial charge in [0, 0.05) is 25.0 Å². The van der Waals surface area contributed by atoms with Crippen molar-refractivity contribution in [1.29, 1.82) is 0 Å². The van der Waals surface area contributed by atoms with Crippen LogP contribution in [0.5, 0.6) is 5.75 Å². The highest BCUT2D eigenvalue weighted by Gasteiger charge is 2.33.